The minimum absolute atomic E-state index is 0.199. The van der Waals surface area contributed by atoms with Gasteiger partial charge in [0.2, 0.25) is 5.54 Å². The first kappa shape index (κ1) is 18.6. The zero-order valence-electron chi connectivity index (χ0n) is 14.2. The van der Waals surface area contributed by atoms with Gasteiger partial charge in [0, 0.05) is 5.56 Å². The van der Waals surface area contributed by atoms with Gasteiger partial charge in [0.25, 0.3) is 5.91 Å². The second kappa shape index (κ2) is 6.53. The van der Waals surface area contributed by atoms with Crippen LogP contribution in [0.4, 0.5) is 18.0 Å². The van der Waals surface area contributed by atoms with E-state index in [-0.39, 0.29) is 5.56 Å². The number of halogens is 3. The molecule has 140 valence electrons. The van der Waals surface area contributed by atoms with Crippen molar-refractivity contribution in [2.24, 2.45) is 0 Å². The third-order valence-electron chi connectivity index (χ3n) is 4.41. The van der Waals surface area contributed by atoms with Crippen molar-refractivity contribution in [3.8, 4) is 0 Å². The van der Waals surface area contributed by atoms with E-state index in [1.54, 1.807) is 17.4 Å². The van der Waals surface area contributed by atoms with Crippen molar-refractivity contribution >= 4 is 17.7 Å². The zero-order valence-corrected chi connectivity index (χ0v) is 14.2. The van der Waals surface area contributed by atoms with Crippen LogP contribution in [-0.2, 0) is 10.3 Å². The van der Waals surface area contributed by atoms with E-state index in [1.165, 1.54) is 30.3 Å². The third kappa shape index (κ3) is 3.07. The van der Waals surface area contributed by atoms with Crippen molar-refractivity contribution in [2.45, 2.75) is 18.6 Å². The van der Waals surface area contributed by atoms with Crippen LogP contribution in [0.15, 0.2) is 54.6 Å². The second-order valence-corrected chi connectivity index (χ2v) is 6.22. The first-order valence-corrected chi connectivity index (χ1v) is 8.03. The molecule has 5 nitrogen and oxygen atoms in total. The predicted molar refractivity (Wildman–Crippen MR) is 89.9 cm³/mol. The molecule has 3 rings (SSSR count). The van der Waals surface area contributed by atoms with Crippen LogP contribution in [0.2, 0.25) is 0 Å². The van der Waals surface area contributed by atoms with E-state index >= 15 is 0 Å². The summed E-state index contributed by atoms with van der Waals surface area (Å²) < 4.78 is 41.6. The van der Waals surface area contributed by atoms with Crippen LogP contribution in [0.1, 0.15) is 21.5 Å². The number of aryl methyl sites for hydroxylation is 1. The van der Waals surface area contributed by atoms with Crippen LogP contribution in [0.25, 0.3) is 0 Å². The molecule has 0 saturated carbocycles. The lowest BCUT2D eigenvalue weighted by Crippen LogP contribution is -2.55. The first-order valence-electron chi connectivity index (χ1n) is 8.03. The number of amides is 3. The Bertz CT molecular complexity index is 895. The maximum absolute atomic E-state index is 13.9. The van der Waals surface area contributed by atoms with Crippen LogP contribution in [0, 0.1) is 6.92 Å². The molecule has 1 fully saturated rings. The third-order valence-corrected chi connectivity index (χ3v) is 4.41. The summed E-state index contributed by atoms with van der Waals surface area (Å²) in [5.74, 6) is -2.16. The van der Waals surface area contributed by atoms with Gasteiger partial charge in [-0.2, -0.15) is 13.2 Å². The quantitative estimate of drug-likeness (QED) is 0.658. The van der Waals surface area contributed by atoms with Crippen LogP contribution >= 0.6 is 0 Å². The Morgan fingerprint density at radius 1 is 1.04 bits per heavy atom. The molecule has 1 unspecified atom stereocenters. The van der Waals surface area contributed by atoms with E-state index in [4.69, 9.17) is 0 Å². The Morgan fingerprint density at radius 2 is 1.63 bits per heavy atom. The minimum Gasteiger partial charge on any atom is -0.312 e. The molecule has 0 spiro atoms. The molecule has 0 aliphatic carbocycles. The largest absolute Gasteiger partial charge is 0.425 e. The number of urea groups is 1. The van der Waals surface area contributed by atoms with Gasteiger partial charge < -0.3 is 5.32 Å². The molecule has 0 aromatic heterocycles. The number of carbonyl (C=O) groups is 3. The van der Waals surface area contributed by atoms with Gasteiger partial charge in [0.1, 0.15) is 0 Å². The van der Waals surface area contributed by atoms with Gasteiger partial charge >= 0.3 is 12.2 Å². The maximum Gasteiger partial charge on any atom is 0.425 e. The van der Waals surface area contributed by atoms with Crippen molar-refractivity contribution in [1.82, 2.24) is 10.2 Å². The number of benzene rings is 2. The molecule has 2 aromatic carbocycles. The number of alkyl halides is 3. The Kier molecular flexibility index (Phi) is 4.51. The molecule has 8 heteroatoms. The van der Waals surface area contributed by atoms with E-state index in [1.807, 2.05) is 6.92 Å². The molecule has 1 heterocycles. The Labute approximate surface area is 152 Å². The van der Waals surface area contributed by atoms with E-state index in [2.05, 4.69) is 0 Å². The molecule has 0 radical (unpaired) electrons. The fraction of sp³-hybridized carbons (Fsp3) is 0.211. The van der Waals surface area contributed by atoms with E-state index < -0.39 is 41.5 Å². The molecule has 1 saturated heterocycles. The van der Waals surface area contributed by atoms with E-state index in [9.17, 15) is 27.6 Å². The molecule has 1 aliphatic heterocycles. The molecule has 2 aromatic rings. The Morgan fingerprint density at radius 3 is 2.19 bits per heavy atom. The summed E-state index contributed by atoms with van der Waals surface area (Å²) in [4.78, 5) is 37.5. The molecule has 1 N–H and O–H groups in total. The van der Waals surface area contributed by atoms with Crippen LogP contribution < -0.4 is 5.32 Å². The maximum atomic E-state index is 13.9. The van der Waals surface area contributed by atoms with Gasteiger partial charge in [0.05, 0.1) is 6.54 Å². The van der Waals surface area contributed by atoms with Gasteiger partial charge in [-0.15, -0.1) is 0 Å². The fourth-order valence-corrected chi connectivity index (χ4v) is 2.93. The second-order valence-electron chi connectivity index (χ2n) is 6.22. The van der Waals surface area contributed by atoms with Crippen molar-refractivity contribution in [3.63, 3.8) is 0 Å². The highest BCUT2D eigenvalue weighted by molar-refractivity contribution is 6.11. The van der Waals surface area contributed by atoms with Crippen molar-refractivity contribution < 1.29 is 27.6 Å². The fourth-order valence-electron chi connectivity index (χ4n) is 2.93. The summed E-state index contributed by atoms with van der Waals surface area (Å²) in [6, 6.07) is 11.4. The SMILES string of the molecule is Cc1ccc(C(=O)CN2C(=O)NC(c3ccccc3)(C(F)(F)F)C2=O)cc1. The lowest BCUT2D eigenvalue weighted by molar-refractivity contribution is -0.198. The highest BCUT2D eigenvalue weighted by Gasteiger charge is 2.68. The number of imide groups is 1. The molecular weight excluding hydrogens is 361 g/mol. The van der Waals surface area contributed by atoms with Gasteiger partial charge in [-0.1, -0.05) is 60.2 Å². The summed E-state index contributed by atoms with van der Waals surface area (Å²) in [6.07, 6.45) is -5.08. The molecule has 0 bridgehead atoms. The summed E-state index contributed by atoms with van der Waals surface area (Å²) in [6.45, 7) is 1.03. The number of ketones is 1. The standard InChI is InChI=1S/C19H15F3N2O3/c1-12-7-9-13(10-8-12)15(25)11-24-16(26)18(19(20,21)22,23-17(24)27)14-5-3-2-4-6-14/h2-10H,11H2,1H3,(H,23,27). The van der Waals surface area contributed by atoms with Crippen molar-refractivity contribution in [1.29, 1.82) is 0 Å². The number of Topliss-reactive ketones (excluding diaryl/α,β-unsaturated/α-hetero) is 1. The number of rotatable bonds is 4. The van der Waals surface area contributed by atoms with Crippen molar-refractivity contribution in [3.05, 3.63) is 71.3 Å². The topological polar surface area (TPSA) is 66.5 Å². The van der Waals surface area contributed by atoms with Gasteiger partial charge in [-0.25, -0.2) is 4.79 Å². The highest BCUT2D eigenvalue weighted by Crippen LogP contribution is 2.43. The lowest BCUT2D eigenvalue weighted by Gasteiger charge is -2.29. The number of hydrogen-bond donors (Lipinski definition) is 1. The summed E-state index contributed by atoms with van der Waals surface area (Å²) in [5, 5.41) is 1.75. The molecule has 27 heavy (non-hydrogen) atoms. The predicted octanol–water partition coefficient (Wildman–Crippen LogP) is 3.19. The summed E-state index contributed by atoms with van der Waals surface area (Å²) in [5.41, 5.74) is -2.54. The number of nitrogens with zero attached hydrogens (tertiary/aromatic N) is 1. The van der Waals surface area contributed by atoms with Crippen LogP contribution in [0.3, 0.4) is 0 Å². The Balaban J connectivity index is 1.95. The smallest absolute Gasteiger partial charge is 0.312 e. The molecule has 1 atom stereocenters. The zero-order chi connectivity index (χ0) is 19.8. The van der Waals surface area contributed by atoms with E-state index in [0.717, 1.165) is 17.7 Å². The summed E-state index contributed by atoms with van der Waals surface area (Å²) >= 11 is 0. The highest BCUT2D eigenvalue weighted by atomic mass is 19.4. The van der Waals surface area contributed by atoms with Gasteiger partial charge in [0.15, 0.2) is 5.78 Å². The van der Waals surface area contributed by atoms with Gasteiger partial charge in [-0.05, 0) is 12.5 Å². The number of hydrogen-bond acceptors (Lipinski definition) is 3. The van der Waals surface area contributed by atoms with E-state index in [0.29, 0.717) is 4.90 Å². The number of carbonyl (C=O) groups excluding carboxylic acids is 3. The molecular formula is C19H15F3N2O3. The average Bonchev–Trinajstić information content (AvgIpc) is 2.88. The number of nitrogens with one attached hydrogen (secondary N) is 1. The Hall–Kier alpha value is -3.16. The van der Waals surface area contributed by atoms with Crippen LogP contribution in [0.5, 0.6) is 0 Å². The average molecular weight is 376 g/mol. The lowest BCUT2D eigenvalue weighted by atomic mass is 9.89. The normalized spacial score (nSPS) is 19.9. The summed E-state index contributed by atoms with van der Waals surface area (Å²) in [7, 11) is 0. The molecule has 1 aliphatic rings. The van der Waals surface area contributed by atoms with Crippen molar-refractivity contribution in [2.75, 3.05) is 6.54 Å². The van der Waals surface area contributed by atoms with Gasteiger partial charge in [-0.3, -0.25) is 14.5 Å². The first-order chi connectivity index (χ1) is 12.7. The molecule has 3 amide bonds. The van der Waals surface area contributed by atoms with Crippen LogP contribution in [-0.4, -0.2) is 35.3 Å². The minimum atomic E-state index is -5.08. The monoisotopic (exact) mass is 376 g/mol.